The van der Waals surface area contributed by atoms with Gasteiger partial charge in [0.2, 0.25) is 5.91 Å². The van der Waals surface area contributed by atoms with Crippen LogP contribution in [-0.4, -0.2) is 15.5 Å². The third-order valence-corrected chi connectivity index (χ3v) is 3.81. The van der Waals surface area contributed by atoms with E-state index in [0.29, 0.717) is 5.69 Å². The molecule has 0 saturated heterocycles. The first-order valence-electron chi connectivity index (χ1n) is 6.44. The van der Waals surface area contributed by atoms with E-state index < -0.39 is 11.6 Å². The lowest BCUT2D eigenvalue weighted by atomic mass is 10.2. The summed E-state index contributed by atoms with van der Waals surface area (Å²) in [6.07, 6.45) is 3.80. The average molecular weight is 319 g/mol. The number of nitrogens with one attached hydrogen (secondary N) is 1. The zero-order valence-electron chi connectivity index (χ0n) is 11.3. The molecule has 2 aromatic heterocycles. The van der Waals surface area contributed by atoms with E-state index >= 15 is 0 Å². The number of aromatic nitrogens is 2. The number of benzene rings is 1. The van der Waals surface area contributed by atoms with Gasteiger partial charge in [-0.2, -0.15) is 0 Å². The molecule has 0 aliphatic rings. The molecule has 7 heteroatoms. The Kier molecular flexibility index (Phi) is 3.97. The van der Waals surface area contributed by atoms with Crippen molar-refractivity contribution in [3.8, 4) is 5.13 Å². The minimum absolute atomic E-state index is 0.0662. The van der Waals surface area contributed by atoms with Gasteiger partial charge in [-0.15, -0.1) is 11.3 Å². The molecule has 1 N–H and O–H groups in total. The highest BCUT2D eigenvalue weighted by molar-refractivity contribution is 7.12. The van der Waals surface area contributed by atoms with Crippen LogP contribution in [-0.2, 0) is 11.2 Å². The number of thiazole rings is 1. The lowest BCUT2D eigenvalue weighted by Crippen LogP contribution is -2.14. The summed E-state index contributed by atoms with van der Waals surface area (Å²) >= 11 is 1.42. The number of hydrogen-bond donors (Lipinski definition) is 1. The number of nitrogens with zero attached hydrogens (tertiary/aromatic N) is 2. The molecule has 4 nitrogen and oxygen atoms in total. The molecule has 0 aliphatic heterocycles. The van der Waals surface area contributed by atoms with Gasteiger partial charge in [0.25, 0.3) is 0 Å². The third kappa shape index (κ3) is 3.20. The molecule has 1 aromatic carbocycles. The largest absolute Gasteiger partial charge is 0.326 e. The fourth-order valence-electron chi connectivity index (χ4n) is 1.90. The highest BCUT2D eigenvalue weighted by atomic mass is 32.1. The van der Waals surface area contributed by atoms with Crippen molar-refractivity contribution in [3.63, 3.8) is 0 Å². The number of hydrogen-bond acceptors (Lipinski definition) is 3. The Morgan fingerprint density at radius 3 is 2.73 bits per heavy atom. The molecule has 22 heavy (non-hydrogen) atoms. The summed E-state index contributed by atoms with van der Waals surface area (Å²) in [5.74, 6) is -2.29. The van der Waals surface area contributed by atoms with Gasteiger partial charge in [0, 0.05) is 29.5 Å². The van der Waals surface area contributed by atoms with E-state index in [1.54, 1.807) is 5.38 Å². The minimum atomic E-state index is -0.999. The normalized spacial score (nSPS) is 10.6. The first-order valence-corrected chi connectivity index (χ1v) is 7.32. The van der Waals surface area contributed by atoms with Crippen LogP contribution in [0.15, 0.2) is 48.1 Å². The molecule has 0 radical (unpaired) electrons. The predicted octanol–water partition coefficient (Wildman–Crippen LogP) is 3.39. The molecule has 3 aromatic rings. The van der Waals surface area contributed by atoms with E-state index in [1.807, 2.05) is 29.1 Å². The monoisotopic (exact) mass is 319 g/mol. The number of rotatable bonds is 4. The highest BCUT2D eigenvalue weighted by Crippen LogP contribution is 2.17. The zero-order valence-corrected chi connectivity index (χ0v) is 12.1. The molecule has 0 atom stereocenters. The van der Waals surface area contributed by atoms with Crippen molar-refractivity contribution >= 4 is 22.9 Å². The molecular formula is C15H11F2N3OS. The van der Waals surface area contributed by atoms with E-state index in [9.17, 15) is 13.6 Å². The maximum atomic E-state index is 13.1. The molecule has 0 fully saturated rings. The van der Waals surface area contributed by atoms with Crippen LogP contribution in [0.5, 0.6) is 0 Å². The van der Waals surface area contributed by atoms with E-state index in [4.69, 9.17) is 0 Å². The van der Waals surface area contributed by atoms with E-state index in [2.05, 4.69) is 10.3 Å². The van der Waals surface area contributed by atoms with Crippen molar-refractivity contribution in [1.29, 1.82) is 0 Å². The Bertz CT molecular complexity index is 799. The van der Waals surface area contributed by atoms with Crippen LogP contribution in [0.4, 0.5) is 14.5 Å². The molecule has 2 heterocycles. The summed E-state index contributed by atoms with van der Waals surface area (Å²) in [5, 5.41) is 5.07. The second kappa shape index (κ2) is 6.07. The van der Waals surface area contributed by atoms with Crippen LogP contribution < -0.4 is 5.32 Å². The van der Waals surface area contributed by atoms with Crippen molar-refractivity contribution in [2.75, 3.05) is 5.32 Å². The molecular weight excluding hydrogens is 308 g/mol. The van der Waals surface area contributed by atoms with Gasteiger partial charge >= 0.3 is 0 Å². The smallest absolute Gasteiger partial charge is 0.230 e. The Balaban J connectivity index is 1.65. The maximum Gasteiger partial charge on any atom is 0.230 e. The predicted molar refractivity (Wildman–Crippen MR) is 80.1 cm³/mol. The van der Waals surface area contributed by atoms with Crippen LogP contribution in [0.1, 0.15) is 5.69 Å². The summed E-state index contributed by atoms with van der Waals surface area (Å²) in [4.78, 5) is 16.3. The minimum Gasteiger partial charge on any atom is -0.326 e. The summed E-state index contributed by atoms with van der Waals surface area (Å²) in [5.41, 5.74) is 0.832. The summed E-state index contributed by atoms with van der Waals surface area (Å²) in [7, 11) is 0. The van der Waals surface area contributed by atoms with Crippen LogP contribution in [0.2, 0.25) is 0 Å². The van der Waals surface area contributed by atoms with E-state index in [-0.39, 0.29) is 18.0 Å². The second-order valence-electron chi connectivity index (χ2n) is 4.57. The molecule has 3 rings (SSSR count). The Morgan fingerprint density at radius 1 is 1.23 bits per heavy atom. The Morgan fingerprint density at radius 2 is 2.00 bits per heavy atom. The summed E-state index contributed by atoms with van der Waals surface area (Å²) in [6, 6.07) is 6.99. The van der Waals surface area contributed by atoms with Gasteiger partial charge in [0.1, 0.15) is 0 Å². The van der Waals surface area contributed by atoms with Gasteiger partial charge < -0.3 is 9.88 Å². The lowest BCUT2D eigenvalue weighted by Gasteiger charge is -2.04. The molecule has 1 amide bonds. The van der Waals surface area contributed by atoms with Crippen molar-refractivity contribution in [3.05, 3.63) is 65.4 Å². The number of anilines is 1. The standard InChI is InChI=1S/C15H11F2N3OS/c16-12-4-3-10(7-13(12)17)18-14(21)8-11-9-22-15(19-11)20-5-1-2-6-20/h1-7,9H,8H2,(H,18,21). The first kappa shape index (κ1) is 14.4. The van der Waals surface area contributed by atoms with Gasteiger partial charge in [0.15, 0.2) is 16.8 Å². The fourth-order valence-corrected chi connectivity index (χ4v) is 2.69. The summed E-state index contributed by atoms with van der Waals surface area (Å²) in [6.45, 7) is 0. The molecule has 0 saturated carbocycles. The quantitative estimate of drug-likeness (QED) is 0.801. The maximum absolute atomic E-state index is 13.1. The molecule has 0 aliphatic carbocycles. The van der Waals surface area contributed by atoms with E-state index in [0.717, 1.165) is 17.3 Å². The van der Waals surface area contributed by atoms with Crippen molar-refractivity contribution < 1.29 is 13.6 Å². The van der Waals surface area contributed by atoms with Gasteiger partial charge in [-0.25, -0.2) is 13.8 Å². The zero-order chi connectivity index (χ0) is 15.5. The highest BCUT2D eigenvalue weighted by Gasteiger charge is 2.10. The number of halogens is 2. The first-order chi connectivity index (χ1) is 10.6. The van der Waals surface area contributed by atoms with Gasteiger partial charge in [-0.1, -0.05) is 0 Å². The summed E-state index contributed by atoms with van der Waals surface area (Å²) < 4.78 is 27.7. The number of carbonyl (C=O) groups is 1. The lowest BCUT2D eigenvalue weighted by molar-refractivity contribution is -0.115. The van der Waals surface area contributed by atoms with Crippen molar-refractivity contribution in [1.82, 2.24) is 9.55 Å². The molecule has 0 spiro atoms. The average Bonchev–Trinajstić information content (AvgIpc) is 3.13. The number of amides is 1. The third-order valence-electron chi connectivity index (χ3n) is 2.91. The van der Waals surface area contributed by atoms with Crippen LogP contribution in [0, 0.1) is 11.6 Å². The Labute approximate surface area is 129 Å². The molecule has 0 bridgehead atoms. The fraction of sp³-hybridized carbons (Fsp3) is 0.0667. The second-order valence-corrected chi connectivity index (χ2v) is 5.40. The SMILES string of the molecule is O=C(Cc1csc(-n2cccc2)n1)Nc1ccc(F)c(F)c1. The topological polar surface area (TPSA) is 46.9 Å². The van der Waals surface area contributed by atoms with Gasteiger partial charge in [-0.05, 0) is 24.3 Å². The van der Waals surface area contributed by atoms with Crippen molar-refractivity contribution in [2.45, 2.75) is 6.42 Å². The Hall–Kier alpha value is -2.54. The van der Waals surface area contributed by atoms with Crippen molar-refractivity contribution in [2.24, 2.45) is 0 Å². The number of carbonyl (C=O) groups excluding carboxylic acids is 1. The van der Waals surface area contributed by atoms with E-state index in [1.165, 1.54) is 17.4 Å². The van der Waals surface area contributed by atoms with Crippen LogP contribution >= 0.6 is 11.3 Å². The van der Waals surface area contributed by atoms with Gasteiger partial charge in [-0.3, -0.25) is 4.79 Å². The molecule has 0 unspecified atom stereocenters. The van der Waals surface area contributed by atoms with Gasteiger partial charge in [0.05, 0.1) is 12.1 Å². The van der Waals surface area contributed by atoms with Crippen LogP contribution in [0.25, 0.3) is 5.13 Å². The molecule has 112 valence electrons. The van der Waals surface area contributed by atoms with Crippen LogP contribution in [0.3, 0.4) is 0 Å².